The number of carbonyl (C=O) groups is 1. The average molecular weight is 272 g/mol. The van der Waals surface area contributed by atoms with Gasteiger partial charge in [0.15, 0.2) is 6.61 Å². The molecule has 0 aliphatic carbocycles. The van der Waals surface area contributed by atoms with E-state index in [2.05, 4.69) is 31.3 Å². The summed E-state index contributed by atoms with van der Waals surface area (Å²) in [5, 5.41) is 5.67. The van der Waals surface area contributed by atoms with Crippen LogP contribution in [0.15, 0.2) is 36.4 Å². The largest absolute Gasteiger partial charge is 0.483 e. The number of rotatable bonds is 6. The van der Waals surface area contributed by atoms with Crippen LogP contribution in [0.25, 0.3) is 10.8 Å². The molecule has 20 heavy (non-hydrogen) atoms. The molecule has 0 bridgehead atoms. The predicted molar refractivity (Wildman–Crippen MR) is 80.6 cm³/mol. The van der Waals surface area contributed by atoms with E-state index < -0.39 is 5.91 Å². The molecule has 4 heteroatoms. The molecular weight excluding hydrogens is 252 g/mol. The summed E-state index contributed by atoms with van der Waals surface area (Å²) in [4.78, 5) is 10.9. The first-order valence-electron chi connectivity index (χ1n) is 6.73. The van der Waals surface area contributed by atoms with Crippen LogP contribution in [0.1, 0.15) is 19.4 Å². The van der Waals surface area contributed by atoms with Gasteiger partial charge in [-0.15, -0.1) is 0 Å². The number of amides is 1. The first kappa shape index (κ1) is 14.3. The predicted octanol–water partition coefficient (Wildman–Crippen LogP) is 2.20. The average Bonchev–Trinajstić information content (AvgIpc) is 2.42. The van der Waals surface area contributed by atoms with E-state index in [9.17, 15) is 4.79 Å². The lowest BCUT2D eigenvalue weighted by Gasteiger charge is -2.15. The van der Waals surface area contributed by atoms with Gasteiger partial charge in [-0.05, 0) is 16.8 Å². The van der Waals surface area contributed by atoms with Crippen molar-refractivity contribution in [3.8, 4) is 5.75 Å². The second-order valence-corrected chi connectivity index (χ2v) is 5.05. The van der Waals surface area contributed by atoms with Crippen LogP contribution in [0.3, 0.4) is 0 Å². The molecule has 0 fully saturated rings. The second-order valence-electron chi connectivity index (χ2n) is 5.05. The molecule has 4 nitrogen and oxygen atoms in total. The van der Waals surface area contributed by atoms with E-state index in [-0.39, 0.29) is 6.61 Å². The van der Waals surface area contributed by atoms with Crippen molar-refractivity contribution in [2.75, 3.05) is 6.61 Å². The summed E-state index contributed by atoms with van der Waals surface area (Å²) in [6.45, 7) is 4.77. The Labute approximate surface area is 118 Å². The van der Waals surface area contributed by atoms with E-state index in [4.69, 9.17) is 10.5 Å². The normalized spacial score (nSPS) is 10.9. The Bertz CT molecular complexity index is 608. The zero-order valence-corrected chi connectivity index (χ0v) is 11.8. The van der Waals surface area contributed by atoms with Crippen molar-refractivity contribution in [3.63, 3.8) is 0 Å². The number of carbonyl (C=O) groups excluding carboxylic acids is 1. The van der Waals surface area contributed by atoms with Crippen LogP contribution in [0.5, 0.6) is 5.75 Å². The third-order valence-corrected chi connectivity index (χ3v) is 3.05. The molecule has 0 radical (unpaired) electrons. The molecule has 0 saturated carbocycles. The smallest absolute Gasteiger partial charge is 0.255 e. The second kappa shape index (κ2) is 6.39. The van der Waals surface area contributed by atoms with Gasteiger partial charge in [-0.1, -0.05) is 44.2 Å². The maximum atomic E-state index is 10.9. The van der Waals surface area contributed by atoms with Gasteiger partial charge >= 0.3 is 0 Å². The highest BCUT2D eigenvalue weighted by molar-refractivity contribution is 5.88. The molecule has 0 atom stereocenters. The molecule has 106 valence electrons. The molecule has 0 saturated heterocycles. The zero-order chi connectivity index (χ0) is 14.5. The number of nitrogens with two attached hydrogens (primary N) is 1. The fourth-order valence-electron chi connectivity index (χ4n) is 2.09. The quantitative estimate of drug-likeness (QED) is 0.847. The van der Waals surface area contributed by atoms with E-state index in [1.807, 2.05) is 24.3 Å². The van der Waals surface area contributed by atoms with Crippen molar-refractivity contribution >= 4 is 16.7 Å². The van der Waals surface area contributed by atoms with Crippen LogP contribution >= 0.6 is 0 Å². The Kier molecular flexibility index (Phi) is 4.58. The minimum Gasteiger partial charge on any atom is -0.483 e. The molecule has 1 amide bonds. The van der Waals surface area contributed by atoms with Gasteiger partial charge in [-0.2, -0.15) is 0 Å². The fraction of sp³-hybridized carbons (Fsp3) is 0.312. The molecule has 2 rings (SSSR count). The highest BCUT2D eigenvalue weighted by Crippen LogP contribution is 2.28. The Morgan fingerprint density at radius 3 is 2.70 bits per heavy atom. The number of fused-ring (bicyclic) bond motifs is 1. The molecule has 0 aliphatic heterocycles. The molecule has 0 heterocycles. The zero-order valence-electron chi connectivity index (χ0n) is 11.8. The summed E-state index contributed by atoms with van der Waals surface area (Å²) in [5.74, 6) is 0.233. The molecule has 2 aromatic carbocycles. The summed E-state index contributed by atoms with van der Waals surface area (Å²) in [6, 6.07) is 12.4. The third kappa shape index (κ3) is 3.48. The fourth-order valence-corrected chi connectivity index (χ4v) is 2.09. The number of hydrogen-bond acceptors (Lipinski definition) is 3. The van der Waals surface area contributed by atoms with Crippen LogP contribution in [0.2, 0.25) is 0 Å². The summed E-state index contributed by atoms with van der Waals surface area (Å²) >= 11 is 0. The molecule has 0 spiro atoms. The monoisotopic (exact) mass is 272 g/mol. The summed E-state index contributed by atoms with van der Waals surface area (Å²) in [7, 11) is 0. The van der Waals surface area contributed by atoms with Crippen LogP contribution in [-0.4, -0.2) is 18.6 Å². The van der Waals surface area contributed by atoms with Gasteiger partial charge < -0.3 is 15.8 Å². The number of hydrogen-bond donors (Lipinski definition) is 2. The number of ether oxygens (including phenoxy) is 1. The van der Waals surface area contributed by atoms with Gasteiger partial charge in [-0.25, -0.2) is 0 Å². The van der Waals surface area contributed by atoms with E-state index in [0.717, 1.165) is 16.3 Å². The van der Waals surface area contributed by atoms with Crippen molar-refractivity contribution in [2.24, 2.45) is 5.73 Å². The minimum atomic E-state index is -0.471. The van der Waals surface area contributed by atoms with Crippen molar-refractivity contribution < 1.29 is 9.53 Å². The van der Waals surface area contributed by atoms with Gasteiger partial charge in [0.1, 0.15) is 5.75 Å². The summed E-state index contributed by atoms with van der Waals surface area (Å²) in [5.41, 5.74) is 6.20. The van der Waals surface area contributed by atoms with Crippen molar-refractivity contribution in [3.05, 3.63) is 42.0 Å². The van der Waals surface area contributed by atoms with Crippen LogP contribution in [-0.2, 0) is 11.3 Å². The topological polar surface area (TPSA) is 64.3 Å². The Hall–Kier alpha value is -2.07. The molecular formula is C16H20N2O2. The lowest BCUT2D eigenvalue weighted by atomic mass is 10.0. The highest BCUT2D eigenvalue weighted by atomic mass is 16.5. The molecule has 3 N–H and O–H groups in total. The molecule has 0 aliphatic rings. The minimum absolute atomic E-state index is 0.104. The van der Waals surface area contributed by atoms with Crippen molar-refractivity contribution in [2.45, 2.75) is 26.4 Å². The first-order valence-corrected chi connectivity index (χ1v) is 6.73. The number of primary amides is 1. The van der Waals surface area contributed by atoms with E-state index in [0.29, 0.717) is 18.3 Å². The van der Waals surface area contributed by atoms with Gasteiger partial charge in [0.2, 0.25) is 0 Å². The molecule has 2 aromatic rings. The Morgan fingerprint density at radius 1 is 1.25 bits per heavy atom. The maximum absolute atomic E-state index is 10.9. The summed E-state index contributed by atoms with van der Waals surface area (Å²) < 4.78 is 5.52. The van der Waals surface area contributed by atoms with Gasteiger partial charge in [-0.3, -0.25) is 4.79 Å². The number of nitrogens with one attached hydrogen (secondary N) is 1. The van der Waals surface area contributed by atoms with E-state index >= 15 is 0 Å². The molecule has 0 unspecified atom stereocenters. The molecule has 0 aromatic heterocycles. The first-order chi connectivity index (χ1) is 9.58. The lowest BCUT2D eigenvalue weighted by Crippen LogP contribution is -2.24. The van der Waals surface area contributed by atoms with Gasteiger partial charge in [0, 0.05) is 18.2 Å². The summed E-state index contributed by atoms with van der Waals surface area (Å²) in [6.07, 6.45) is 0. The van der Waals surface area contributed by atoms with Crippen LogP contribution in [0.4, 0.5) is 0 Å². The van der Waals surface area contributed by atoms with E-state index in [1.54, 1.807) is 0 Å². The van der Waals surface area contributed by atoms with Crippen LogP contribution in [0, 0.1) is 0 Å². The van der Waals surface area contributed by atoms with Gasteiger partial charge in [0.05, 0.1) is 0 Å². The number of benzene rings is 2. The van der Waals surface area contributed by atoms with E-state index in [1.165, 1.54) is 0 Å². The maximum Gasteiger partial charge on any atom is 0.255 e. The lowest BCUT2D eigenvalue weighted by molar-refractivity contribution is -0.119. The highest BCUT2D eigenvalue weighted by Gasteiger charge is 2.10. The van der Waals surface area contributed by atoms with Crippen molar-refractivity contribution in [1.82, 2.24) is 5.32 Å². The van der Waals surface area contributed by atoms with Crippen LogP contribution < -0.4 is 15.8 Å². The standard InChI is InChI=1S/C16H20N2O2/c1-11(2)18-9-14-13-6-4-3-5-12(13)7-8-15(14)20-10-16(17)19/h3-8,11,18H,9-10H2,1-2H3,(H2,17,19). The van der Waals surface area contributed by atoms with Gasteiger partial charge in [0.25, 0.3) is 5.91 Å². The Morgan fingerprint density at radius 2 is 2.00 bits per heavy atom. The third-order valence-electron chi connectivity index (χ3n) is 3.05. The SMILES string of the molecule is CC(C)NCc1c(OCC(N)=O)ccc2ccccc12. The Balaban J connectivity index is 2.38. The van der Waals surface area contributed by atoms with Crippen molar-refractivity contribution in [1.29, 1.82) is 0 Å².